The van der Waals surface area contributed by atoms with E-state index >= 15 is 0 Å². The Morgan fingerprint density at radius 1 is 1.07 bits per heavy atom. The van der Waals surface area contributed by atoms with Crippen LogP contribution in [0.4, 0.5) is 0 Å². The van der Waals surface area contributed by atoms with Gasteiger partial charge in [0.25, 0.3) is 0 Å². The Hall–Kier alpha value is -3.12. The van der Waals surface area contributed by atoms with E-state index < -0.39 is 0 Å². The van der Waals surface area contributed by atoms with Gasteiger partial charge in [-0.3, -0.25) is 4.40 Å². The predicted octanol–water partition coefficient (Wildman–Crippen LogP) is 4.82. The molecule has 2 N–H and O–H groups in total. The average Bonchev–Trinajstić information content (AvgIpc) is 3.29. The van der Waals surface area contributed by atoms with Gasteiger partial charge in [-0.15, -0.1) is 0 Å². The highest BCUT2D eigenvalue weighted by Gasteiger charge is 2.33. The van der Waals surface area contributed by atoms with Crippen molar-refractivity contribution in [1.82, 2.24) is 24.7 Å². The molecule has 0 bridgehead atoms. The molecule has 154 valence electrons. The first-order valence-electron chi connectivity index (χ1n) is 10.3. The fourth-order valence-corrected chi connectivity index (χ4v) is 4.71. The van der Waals surface area contributed by atoms with Gasteiger partial charge in [-0.05, 0) is 64.0 Å². The topological polar surface area (TPSA) is 67.2 Å². The van der Waals surface area contributed by atoms with Crippen molar-refractivity contribution in [2.75, 3.05) is 7.11 Å². The van der Waals surface area contributed by atoms with Crippen LogP contribution in [0.25, 0.3) is 33.5 Å². The van der Waals surface area contributed by atoms with Gasteiger partial charge in [0, 0.05) is 46.1 Å². The van der Waals surface area contributed by atoms with Crippen molar-refractivity contribution in [2.24, 2.45) is 0 Å². The summed E-state index contributed by atoms with van der Waals surface area (Å²) in [5.41, 5.74) is 5.01. The summed E-state index contributed by atoms with van der Waals surface area (Å²) in [5.74, 6) is 1.49. The van der Waals surface area contributed by atoms with Crippen molar-refractivity contribution in [1.29, 1.82) is 0 Å². The van der Waals surface area contributed by atoms with Crippen molar-refractivity contribution in [3.05, 3.63) is 54.6 Å². The molecule has 3 aromatic heterocycles. The van der Waals surface area contributed by atoms with E-state index in [9.17, 15) is 0 Å². The minimum Gasteiger partial charge on any atom is -0.496 e. The first-order chi connectivity index (χ1) is 14.2. The average molecular weight is 402 g/mol. The molecule has 0 radical (unpaired) electrons. The summed E-state index contributed by atoms with van der Waals surface area (Å²) < 4.78 is 7.61. The maximum Gasteiger partial charge on any atom is 0.234 e. The van der Waals surface area contributed by atoms with Crippen LogP contribution in [0.1, 0.15) is 39.8 Å². The van der Waals surface area contributed by atoms with E-state index in [1.165, 1.54) is 5.57 Å². The molecule has 0 fully saturated rings. The smallest absolute Gasteiger partial charge is 0.234 e. The number of methoxy groups -OCH3 is 1. The molecule has 5 rings (SSSR count). The number of rotatable bonds is 3. The molecular weight excluding hydrogens is 374 g/mol. The summed E-state index contributed by atoms with van der Waals surface area (Å²) in [6.45, 7) is 8.86. The lowest BCUT2D eigenvalue weighted by atomic mass is 9.82. The molecule has 0 atom stereocenters. The van der Waals surface area contributed by atoms with E-state index in [1.54, 1.807) is 7.11 Å². The summed E-state index contributed by atoms with van der Waals surface area (Å²) in [6.07, 6.45) is 9.18. The third-order valence-corrected chi connectivity index (χ3v) is 5.63. The number of nitrogens with zero attached hydrogens (tertiary/aromatic N) is 3. The highest BCUT2D eigenvalue weighted by atomic mass is 16.5. The lowest BCUT2D eigenvalue weighted by Gasteiger charge is -2.41. The molecule has 30 heavy (non-hydrogen) atoms. The monoisotopic (exact) mass is 401 g/mol. The van der Waals surface area contributed by atoms with Crippen molar-refractivity contribution < 1.29 is 4.74 Å². The summed E-state index contributed by atoms with van der Waals surface area (Å²) in [4.78, 5) is 13.0. The van der Waals surface area contributed by atoms with Crippen molar-refractivity contribution in [3.63, 3.8) is 0 Å². The van der Waals surface area contributed by atoms with E-state index in [4.69, 9.17) is 14.7 Å². The second-order valence-electron chi connectivity index (χ2n) is 9.34. The summed E-state index contributed by atoms with van der Waals surface area (Å²) in [5, 5.41) is 4.79. The summed E-state index contributed by atoms with van der Waals surface area (Å²) in [6, 6.07) is 8.23. The zero-order valence-electron chi connectivity index (χ0n) is 18.1. The summed E-state index contributed by atoms with van der Waals surface area (Å²) in [7, 11) is 1.69. The Kier molecular flexibility index (Phi) is 4.05. The molecule has 1 aromatic carbocycles. The van der Waals surface area contributed by atoms with Crippen LogP contribution in [0.2, 0.25) is 0 Å². The Morgan fingerprint density at radius 3 is 2.63 bits per heavy atom. The lowest BCUT2D eigenvalue weighted by molar-refractivity contribution is 0.297. The molecule has 0 unspecified atom stereocenters. The number of imidazole rings is 1. The molecule has 4 heterocycles. The number of hydrogen-bond acceptors (Lipinski definition) is 4. The molecule has 4 aromatic rings. The van der Waals surface area contributed by atoms with E-state index in [2.05, 4.69) is 56.2 Å². The van der Waals surface area contributed by atoms with Crippen molar-refractivity contribution >= 4 is 22.3 Å². The zero-order valence-corrected chi connectivity index (χ0v) is 18.1. The zero-order chi connectivity index (χ0) is 21.1. The number of benzene rings is 1. The van der Waals surface area contributed by atoms with Crippen molar-refractivity contribution in [3.8, 4) is 17.0 Å². The second-order valence-corrected chi connectivity index (χ2v) is 9.34. The van der Waals surface area contributed by atoms with Gasteiger partial charge in [0.2, 0.25) is 5.78 Å². The van der Waals surface area contributed by atoms with Crippen LogP contribution in [-0.2, 0) is 0 Å². The molecule has 0 saturated heterocycles. The molecule has 0 spiro atoms. The largest absolute Gasteiger partial charge is 0.496 e. The molecular formula is C24H27N5O. The van der Waals surface area contributed by atoms with Crippen LogP contribution < -0.4 is 10.1 Å². The first-order valence-corrected chi connectivity index (χ1v) is 10.3. The maximum atomic E-state index is 5.64. The van der Waals surface area contributed by atoms with Gasteiger partial charge in [-0.1, -0.05) is 6.08 Å². The molecule has 1 aliphatic rings. The Morgan fingerprint density at radius 2 is 1.87 bits per heavy atom. The van der Waals surface area contributed by atoms with Crippen LogP contribution in [0.5, 0.6) is 5.75 Å². The van der Waals surface area contributed by atoms with Crippen molar-refractivity contribution in [2.45, 2.75) is 45.2 Å². The molecule has 6 nitrogen and oxygen atoms in total. The van der Waals surface area contributed by atoms with Gasteiger partial charge in [-0.2, -0.15) is 0 Å². The van der Waals surface area contributed by atoms with Crippen LogP contribution in [0.15, 0.2) is 48.9 Å². The molecule has 0 aliphatic carbocycles. The SMILES string of the molecule is COc1cc2cc[nH]c2cc1-c1cn2ccc(C3=CC(C)(C)NC(C)(C)C3)nc2n1. The normalized spacial score (nSPS) is 18.0. The third-order valence-electron chi connectivity index (χ3n) is 5.63. The number of ether oxygens (including phenoxy) is 1. The van der Waals surface area contributed by atoms with Crippen LogP contribution >= 0.6 is 0 Å². The van der Waals surface area contributed by atoms with Gasteiger partial charge < -0.3 is 15.0 Å². The number of hydrogen-bond donors (Lipinski definition) is 2. The quantitative estimate of drug-likeness (QED) is 0.516. The fourth-order valence-electron chi connectivity index (χ4n) is 4.71. The molecule has 0 amide bonds. The minimum atomic E-state index is -0.0791. The first kappa shape index (κ1) is 18.9. The van der Waals surface area contributed by atoms with Gasteiger partial charge in [0.15, 0.2) is 0 Å². The highest BCUT2D eigenvalue weighted by Crippen LogP contribution is 2.35. The number of fused-ring (bicyclic) bond motifs is 2. The van der Waals surface area contributed by atoms with Gasteiger partial charge >= 0.3 is 0 Å². The number of nitrogens with one attached hydrogen (secondary N) is 2. The fraction of sp³-hybridized carbons (Fsp3) is 0.333. The Bertz CT molecular complexity index is 1290. The second kappa shape index (κ2) is 6.44. The van der Waals surface area contributed by atoms with Crippen LogP contribution in [0.3, 0.4) is 0 Å². The molecule has 6 heteroatoms. The Balaban J connectivity index is 1.59. The van der Waals surface area contributed by atoms with Crippen LogP contribution in [0, 0.1) is 0 Å². The van der Waals surface area contributed by atoms with E-state index in [-0.39, 0.29) is 11.1 Å². The van der Waals surface area contributed by atoms with E-state index in [0.29, 0.717) is 5.78 Å². The predicted molar refractivity (Wildman–Crippen MR) is 121 cm³/mol. The maximum absolute atomic E-state index is 5.64. The van der Waals surface area contributed by atoms with Gasteiger partial charge in [0.1, 0.15) is 5.75 Å². The number of aromatic amines is 1. The third kappa shape index (κ3) is 3.27. The summed E-state index contributed by atoms with van der Waals surface area (Å²) >= 11 is 0. The molecule has 1 aliphatic heterocycles. The number of aromatic nitrogens is 4. The molecule has 0 saturated carbocycles. The highest BCUT2D eigenvalue weighted by molar-refractivity contribution is 5.88. The Labute approximate surface area is 176 Å². The van der Waals surface area contributed by atoms with Crippen LogP contribution in [-0.4, -0.2) is 37.5 Å². The standard InChI is InChI=1S/C24H27N5O/c1-23(2)12-16(13-24(3,4)28-23)18-7-9-29-14-20(27-22(29)26-18)17-11-19-15(6-8-25-19)10-21(17)30-5/h6-12,14,25,28H,13H2,1-5H3. The van der Waals surface area contributed by atoms with Gasteiger partial charge in [-0.25, -0.2) is 9.97 Å². The lowest BCUT2D eigenvalue weighted by Crippen LogP contribution is -2.53. The number of H-pyrrole nitrogens is 1. The van der Waals surface area contributed by atoms with Gasteiger partial charge in [0.05, 0.1) is 18.5 Å². The minimum absolute atomic E-state index is 0.0147. The van der Waals surface area contributed by atoms with E-state index in [0.717, 1.165) is 40.0 Å². The van der Waals surface area contributed by atoms with E-state index in [1.807, 2.05) is 35.1 Å².